The highest BCUT2D eigenvalue weighted by Gasteiger charge is 2.22. The molecule has 0 fully saturated rings. The van der Waals surface area contributed by atoms with Crippen molar-refractivity contribution in [3.05, 3.63) is 28.3 Å². The Labute approximate surface area is 112 Å². The summed E-state index contributed by atoms with van der Waals surface area (Å²) in [7, 11) is -3.72. The van der Waals surface area contributed by atoms with E-state index in [0.717, 1.165) is 11.3 Å². The average Bonchev–Trinajstić information content (AvgIpc) is 3.00. The fourth-order valence-corrected chi connectivity index (χ4v) is 3.32. The Bertz CT molecular complexity index is 677. The number of thiazole rings is 1. The summed E-state index contributed by atoms with van der Waals surface area (Å²) >= 11 is 1.08. The van der Waals surface area contributed by atoms with Crippen LogP contribution in [0.3, 0.4) is 0 Å². The maximum atomic E-state index is 11.9. The van der Waals surface area contributed by atoms with Gasteiger partial charge in [0.1, 0.15) is 5.01 Å². The number of aromatic carboxylic acids is 1. The number of H-pyrrole nitrogens is 1. The first-order chi connectivity index (χ1) is 8.90. The van der Waals surface area contributed by atoms with E-state index >= 15 is 0 Å². The molecule has 0 bridgehead atoms. The van der Waals surface area contributed by atoms with Crippen LogP contribution in [0, 0.1) is 0 Å². The second-order valence-corrected chi connectivity index (χ2v) is 6.21. The molecular formula is C9H10N4O4S2. The summed E-state index contributed by atoms with van der Waals surface area (Å²) in [5.74, 6) is -1.15. The Morgan fingerprint density at radius 2 is 2.32 bits per heavy atom. The van der Waals surface area contributed by atoms with E-state index in [0.29, 0.717) is 5.01 Å². The summed E-state index contributed by atoms with van der Waals surface area (Å²) in [6, 6.07) is 0.686. The number of aromatic amines is 1. The molecule has 3 N–H and O–H groups in total. The quantitative estimate of drug-likeness (QED) is 0.743. The van der Waals surface area contributed by atoms with Gasteiger partial charge >= 0.3 is 5.97 Å². The number of hydrogen-bond donors (Lipinski definition) is 3. The van der Waals surface area contributed by atoms with Gasteiger partial charge in [-0.2, -0.15) is 5.10 Å². The van der Waals surface area contributed by atoms with Crippen LogP contribution >= 0.6 is 11.3 Å². The molecule has 2 aromatic heterocycles. The molecule has 102 valence electrons. The van der Waals surface area contributed by atoms with Gasteiger partial charge in [0.2, 0.25) is 0 Å². The van der Waals surface area contributed by atoms with Gasteiger partial charge in [0, 0.05) is 5.38 Å². The highest BCUT2D eigenvalue weighted by Crippen LogP contribution is 2.20. The number of nitrogens with one attached hydrogen (secondary N) is 2. The lowest BCUT2D eigenvalue weighted by molar-refractivity contribution is 0.0691. The van der Waals surface area contributed by atoms with Gasteiger partial charge in [0.25, 0.3) is 10.0 Å². The van der Waals surface area contributed by atoms with Gasteiger partial charge in [-0.25, -0.2) is 22.9 Å². The number of hydrogen-bond acceptors (Lipinski definition) is 6. The summed E-state index contributed by atoms with van der Waals surface area (Å²) in [5, 5.41) is 16.3. The van der Waals surface area contributed by atoms with E-state index in [4.69, 9.17) is 5.11 Å². The molecule has 2 heterocycles. The molecule has 2 aromatic rings. The van der Waals surface area contributed by atoms with Crippen LogP contribution in [0.15, 0.2) is 22.7 Å². The Morgan fingerprint density at radius 3 is 2.84 bits per heavy atom. The van der Waals surface area contributed by atoms with Crippen molar-refractivity contribution in [1.29, 1.82) is 0 Å². The number of rotatable bonds is 5. The van der Waals surface area contributed by atoms with Crippen LogP contribution in [-0.4, -0.2) is 34.7 Å². The van der Waals surface area contributed by atoms with Crippen molar-refractivity contribution in [3.8, 4) is 0 Å². The van der Waals surface area contributed by atoms with E-state index in [1.165, 1.54) is 17.6 Å². The third-order valence-electron chi connectivity index (χ3n) is 2.21. The summed E-state index contributed by atoms with van der Waals surface area (Å²) in [6.45, 7) is 1.58. The highest BCUT2D eigenvalue weighted by molar-refractivity contribution is 7.89. The van der Waals surface area contributed by atoms with Gasteiger partial charge in [-0.1, -0.05) is 0 Å². The van der Waals surface area contributed by atoms with Crippen molar-refractivity contribution in [2.75, 3.05) is 0 Å². The van der Waals surface area contributed by atoms with Crippen molar-refractivity contribution in [2.24, 2.45) is 0 Å². The van der Waals surface area contributed by atoms with Crippen LogP contribution < -0.4 is 4.72 Å². The molecule has 0 aliphatic heterocycles. The molecule has 1 atom stereocenters. The minimum absolute atomic E-state index is 0.0608. The van der Waals surface area contributed by atoms with Gasteiger partial charge in [0.15, 0.2) is 10.7 Å². The van der Waals surface area contributed by atoms with Gasteiger partial charge < -0.3 is 5.11 Å². The third kappa shape index (κ3) is 2.97. The first-order valence-electron chi connectivity index (χ1n) is 5.10. The lowest BCUT2D eigenvalue weighted by atomic mass is 10.4. The largest absolute Gasteiger partial charge is 0.476 e. The van der Waals surface area contributed by atoms with E-state index in [1.807, 2.05) is 0 Å². The van der Waals surface area contributed by atoms with Crippen molar-refractivity contribution >= 4 is 27.3 Å². The Morgan fingerprint density at radius 1 is 1.58 bits per heavy atom. The minimum atomic E-state index is -3.72. The molecule has 0 saturated carbocycles. The molecule has 10 heteroatoms. The number of nitrogens with zero attached hydrogens (tertiary/aromatic N) is 2. The number of carboxylic acid groups (broad SMARTS) is 1. The molecule has 0 aliphatic rings. The summed E-state index contributed by atoms with van der Waals surface area (Å²) in [4.78, 5) is 14.5. The maximum absolute atomic E-state index is 11.9. The standard InChI is InChI=1S/C9H10N4O4S2/c1-5(8-11-6(4-18-8)9(14)15)13-19(16,17)7-2-3-10-12-7/h2-5,13H,1H3,(H,10,12)(H,14,15). The van der Waals surface area contributed by atoms with Crippen LogP contribution in [-0.2, 0) is 10.0 Å². The van der Waals surface area contributed by atoms with Crippen LogP contribution in [0.2, 0.25) is 0 Å². The van der Waals surface area contributed by atoms with Crippen molar-refractivity contribution < 1.29 is 18.3 Å². The lowest BCUT2D eigenvalue weighted by Gasteiger charge is -2.10. The summed E-state index contributed by atoms with van der Waals surface area (Å²) < 4.78 is 26.2. The molecule has 2 rings (SSSR count). The van der Waals surface area contributed by atoms with Gasteiger partial charge in [-0.05, 0) is 13.0 Å². The second-order valence-electron chi connectivity index (χ2n) is 3.64. The number of carbonyl (C=O) groups is 1. The molecule has 19 heavy (non-hydrogen) atoms. The Balaban J connectivity index is 2.17. The fraction of sp³-hybridized carbons (Fsp3) is 0.222. The number of carboxylic acids is 1. The third-order valence-corrected chi connectivity index (χ3v) is 4.71. The van der Waals surface area contributed by atoms with Crippen molar-refractivity contribution in [2.45, 2.75) is 18.0 Å². The van der Waals surface area contributed by atoms with Crippen molar-refractivity contribution in [3.63, 3.8) is 0 Å². The molecule has 0 aliphatic carbocycles. The first-order valence-corrected chi connectivity index (χ1v) is 7.47. The van der Waals surface area contributed by atoms with Crippen LogP contribution in [0.1, 0.15) is 28.5 Å². The highest BCUT2D eigenvalue weighted by atomic mass is 32.2. The van der Waals surface area contributed by atoms with Crippen molar-refractivity contribution in [1.82, 2.24) is 19.9 Å². The van der Waals surface area contributed by atoms with Gasteiger partial charge in [-0.15, -0.1) is 11.3 Å². The molecule has 1 unspecified atom stereocenters. The van der Waals surface area contributed by atoms with Gasteiger partial charge in [0.05, 0.1) is 12.2 Å². The zero-order chi connectivity index (χ0) is 14.0. The second kappa shape index (κ2) is 5.07. The molecule has 0 amide bonds. The molecule has 0 saturated heterocycles. The molecular weight excluding hydrogens is 292 g/mol. The number of sulfonamides is 1. The summed E-state index contributed by atoms with van der Waals surface area (Å²) in [6.07, 6.45) is 1.32. The molecule has 0 aromatic carbocycles. The predicted molar refractivity (Wildman–Crippen MR) is 66.4 cm³/mol. The van der Waals surface area contributed by atoms with E-state index in [-0.39, 0.29) is 10.7 Å². The fourth-order valence-electron chi connectivity index (χ4n) is 1.32. The topological polar surface area (TPSA) is 125 Å². The zero-order valence-corrected chi connectivity index (χ0v) is 11.3. The molecule has 0 spiro atoms. The smallest absolute Gasteiger partial charge is 0.355 e. The minimum Gasteiger partial charge on any atom is -0.476 e. The van der Waals surface area contributed by atoms with E-state index in [9.17, 15) is 13.2 Å². The van der Waals surface area contributed by atoms with Gasteiger partial charge in [-0.3, -0.25) is 5.10 Å². The maximum Gasteiger partial charge on any atom is 0.355 e. The predicted octanol–water partition coefficient (Wildman–Crippen LogP) is 0.604. The van der Waals surface area contributed by atoms with Crippen LogP contribution in [0.5, 0.6) is 0 Å². The monoisotopic (exact) mass is 302 g/mol. The zero-order valence-electron chi connectivity index (χ0n) is 9.69. The van der Waals surface area contributed by atoms with E-state index in [1.54, 1.807) is 6.92 Å². The van der Waals surface area contributed by atoms with E-state index in [2.05, 4.69) is 19.9 Å². The SMILES string of the molecule is CC(NS(=O)(=O)c1ccn[nH]1)c1nc(C(=O)O)cs1. The van der Waals surface area contributed by atoms with E-state index < -0.39 is 22.0 Å². The summed E-state index contributed by atoms with van der Waals surface area (Å²) in [5.41, 5.74) is -0.104. The normalized spacial score (nSPS) is 13.3. The Kier molecular flexibility index (Phi) is 3.64. The molecule has 8 nitrogen and oxygen atoms in total. The Hall–Kier alpha value is -1.78. The number of aromatic nitrogens is 3. The van der Waals surface area contributed by atoms with Crippen LogP contribution in [0.4, 0.5) is 0 Å². The average molecular weight is 302 g/mol. The van der Waals surface area contributed by atoms with Crippen LogP contribution in [0.25, 0.3) is 0 Å². The first kappa shape index (κ1) is 13.6. The molecule has 0 radical (unpaired) electrons. The lowest BCUT2D eigenvalue weighted by Crippen LogP contribution is -2.27.